The van der Waals surface area contributed by atoms with Crippen molar-refractivity contribution < 1.29 is 13.9 Å². The van der Waals surface area contributed by atoms with E-state index in [1.165, 1.54) is 11.1 Å². The number of nitrogens with zero attached hydrogens (tertiary/aromatic N) is 1. The Hall–Kier alpha value is -6.00. The molecule has 4 nitrogen and oxygen atoms in total. The van der Waals surface area contributed by atoms with Crippen molar-refractivity contribution in [3.05, 3.63) is 157 Å². The molecule has 7 aromatic rings. The highest BCUT2D eigenvalue weighted by atomic mass is 16.6. The molecular weight excluding hydrogens is 566 g/mol. The molecule has 0 amide bonds. The predicted octanol–water partition coefficient (Wildman–Crippen LogP) is 12.4. The summed E-state index contributed by atoms with van der Waals surface area (Å²) in [6.45, 7) is 0. The largest absolute Gasteiger partial charge is 0.456 e. The van der Waals surface area contributed by atoms with Crippen LogP contribution in [0.5, 0.6) is 23.0 Å². The van der Waals surface area contributed by atoms with Crippen LogP contribution >= 0.6 is 0 Å². The molecular formula is C42H29NO3. The molecule has 6 aromatic carbocycles. The van der Waals surface area contributed by atoms with Crippen LogP contribution in [0.25, 0.3) is 38.6 Å². The zero-order chi connectivity index (χ0) is 30.5. The number of para-hydroxylation sites is 4. The Morgan fingerprint density at radius 2 is 1.28 bits per heavy atom. The number of ether oxygens (including phenoxy) is 2. The molecule has 0 bridgehead atoms. The topological polar surface area (TPSA) is 34.8 Å². The van der Waals surface area contributed by atoms with Gasteiger partial charge in [-0.2, -0.15) is 0 Å². The first-order chi connectivity index (χ1) is 22.8. The van der Waals surface area contributed by atoms with Crippen molar-refractivity contribution in [1.29, 1.82) is 0 Å². The van der Waals surface area contributed by atoms with Crippen molar-refractivity contribution in [2.75, 3.05) is 4.90 Å². The van der Waals surface area contributed by atoms with Crippen LogP contribution in [-0.4, -0.2) is 0 Å². The van der Waals surface area contributed by atoms with Gasteiger partial charge in [0.05, 0.1) is 11.4 Å². The summed E-state index contributed by atoms with van der Waals surface area (Å²) in [5, 5.41) is 2.19. The maximum Gasteiger partial charge on any atom is 0.194 e. The number of anilines is 3. The van der Waals surface area contributed by atoms with Gasteiger partial charge in [-0.15, -0.1) is 0 Å². The van der Waals surface area contributed by atoms with Crippen LogP contribution in [0.4, 0.5) is 17.1 Å². The van der Waals surface area contributed by atoms with Gasteiger partial charge in [-0.1, -0.05) is 85.0 Å². The zero-order valence-corrected chi connectivity index (χ0v) is 25.0. The van der Waals surface area contributed by atoms with Crippen LogP contribution in [0.15, 0.2) is 156 Å². The monoisotopic (exact) mass is 595 g/mol. The van der Waals surface area contributed by atoms with E-state index in [1.54, 1.807) is 0 Å². The van der Waals surface area contributed by atoms with Crippen LogP contribution in [0, 0.1) is 0 Å². The van der Waals surface area contributed by atoms with Crippen molar-refractivity contribution in [2.24, 2.45) is 0 Å². The van der Waals surface area contributed by atoms with Crippen molar-refractivity contribution in [3.63, 3.8) is 0 Å². The van der Waals surface area contributed by atoms with E-state index in [0.29, 0.717) is 23.0 Å². The molecule has 4 heteroatoms. The molecule has 0 unspecified atom stereocenters. The predicted molar refractivity (Wildman–Crippen MR) is 187 cm³/mol. The summed E-state index contributed by atoms with van der Waals surface area (Å²) >= 11 is 0. The number of fused-ring (bicyclic) bond motifs is 5. The molecule has 0 saturated heterocycles. The quantitative estimate of drug-likeness (QED) is 0.198. The van der Waals surface area contributed by atoms with E-state index in [-0.39, 0.29) is 0 Å². The van der Waals surface area contributed by atoms with Crippen molar-refractivity contribution in [3.8, 4) is 34.1 Å². The molecule has 2 aliphatic rings. The Labute approximate surface area is 267 Å². The smallest absolute Gasteiger partial charge is 0.194 e. The van der Waals surface area contributed by atoms with Crippen LogP contribution in [0.3, 0.4) is 0 Å². The maximum atomic E-state index is 6.62. The number of rotatable bonds is 5. The Kier molecular flexibility index (Phi) is 6.24. The van der Waals surface area contributed by atoms with E-state index in [9.17, 15) is 0 Å². The van der Waals surface area contributed by atoms with Gasteiger partial charge in [0.2, 0.25) is 0 Å². The van der Waals surface area contributed by atoms with Gasteiger partial charge in [0.25, 0.3) is 0 Å². The Morgan fingerprint density at radius 1 is 0.522 bits per heavy atom. The third kappa shape index (κ3) is 4.54. The van der Waals surface area contributed by atoms with Gasteiger partial charge >= 0.3 is 0 Å². The number of furan rings is 1. The lowest BCUT2D eigenvalue weighted by molar-refractivity contribution is 0.360. The molecule has 2 heterocycles. The fraction of sp³-hybridized carbons (Fsp3) is 0.0476. The molecule has 0 saturated carbocycles. The van der Waals surface area contributed by atoms with Gasteiger partial charge in [-0.05, 0) is 95.8 Å². The van der Waals surface area contributed by atoms with Gasteiger partial charge in [-0.25, -0.2) is 0 Å². The highest BCUT2D eigenvalue weighted by Gasteiger charge is 2.27. The number of hydrogen-bond acceptors (Lipinski definition) is 4. The second-order valence-electron chi connectivity index (χ2n) is 11.7. The minimum absolute atomic E-state index is 0.664. The average Bonchev–Trinajstić information content (AvgIpc) is 3.50. The molecule has 220 valence electrons. The van der Waals surface area contributed by atoms with Crippen molar-refractivity contribution in [2.45, 2.75) is 12.8 Å². The fourth-order valence-electron chi connectivity index (χ4n) is 6.56. The Balaban J connectivity index is 1.29. The van der Waals surface area contributed by atoms with Crippen molar-refractivity contribution >= 4 is 44.6 Å². The van der Waals surface area contributed by atoms with E-state index in [2.05, 4.69) is 108 Å². The molecule has 0 spiro atoms. The van der Waals surface area contributed by atoms with Crippen LogP contribution in [-0.2, 0) is 0 Å². The molecule has 9 rings (SSSR count). The Bertz CT molecular complexity index is 2330. The van der Waals surface area contributed by atoms with E-state index >= 15 is 0 Å². The first-order valence-electron chi connectivity index (χ1n) is 15.6. The standard InChI is InChI=1S/C42H29NO3/c1-3-12-28(13-4-1)30-24-31(29-14-5-2-6-15-29)26-33(25-30)43(32-22-23-35-34-16-7-8-18-37(34)44-41(35)27-32)36-17-11-21-40-42(36)46-39-20-10-9-19-38(39)45-40/h1-5,7-14,16-27H,6,15H2. The van der Waals surface area contributed by atoms with Gasteiger partial charge in [0.1, 0.15) is 11.2 Å². The maximum absolute atomic E-state index is 6.62. The van der Waals surface area contributed by atoms with Crippen LogP contribution < -0.4 is 14.4 Å². The molecule has 1 aromatic heterocycles. The second kappa shape index (κ2) is 10.9. The van der Waals surface area contributed by atoms with Gasteiger partial charge in [-0.3, -0.25) is 0 Å². The van der Waals surface area contributed by atoms with E-state index in [0.717, 1.165) is 63.0 Å². The second-order valence-corrected chi connectivity index (χ2v) is 11.7. The van der Waals surface area contributed by atoms with Crippen molar-refractivity contribution in [1.82, 2.24) is 0 Å². The summed E-state index contributed by atoms with van der Waals surface area (Å²) in [6, 6.07) is 45.9. The minimum atomic E-state index is 0.664. The highest BCUT2D eigenvalue weighted by Crippen LogP contribution is 2.53. The molecule has 0 radical (unpaired) electrons. The van der Waals surface area contributed by atoms with Crippen LogP contribution in [0.1, 0.15) is 18.4 Å². The normalized spacial score (nSPS) is 13.4. The Morgan fingerprint density at radius 3 is 2.15 bits per heavy atom. The summed E-state index contributed by atoms with van der Waals surface area (Å²) in [5.41, 5.74) is 9.36. The summed E-state index contributed by atoms with van der Waals surface area (Å²) < 4.78 is 19.4. The first-order valence-corrected chi connectivity index (χ1v) is 15.6. The molecule has 0 atom stereocenters. The molecule has 1 aliphatic heterocycles. The summed E-state index contributed by atoms with van der Waals surface area (Å²) in [6.07, 6.45) is 8.65. The summed E-state index contributed by atoms with van der Waals surface area (Å²) in [7, 11) is 0. The van der Waals surface area contributed by atoms with Gasteiger partial charge < -0.3 is 18.8 Å². The summed E-state index contributed by atoms with van der Waals surface area (Å²) in [5.74, 6) is 2.73. The highest BCUT2D eigenvalue weighted by molar-refractivity contribution is 6.06. The summed E-state index contributed by atoms with van der Waals surface area (Å²) in [4.78, 5) is 2.26. The van der Waals surface area contributed by atoms with Crippen LogP contribution in [0.2, 0.25) is 0 Å². The van der Waals surface area contributed by atoms with Gasteiger partial charge in [0.15, 0.2) is 23.0 Å². The first kappa shape index (κ1) is 26.4. The lowest BCUT2D eigenvalue weighted by Gasteiger charge is -2.31. The molecule has 1 aliphatic carbocycles. The average molecular weight is 596 g/mol. The molecule has 46 heavy (non-hydrogen) atoms. The van der Waals surface area contributed by atoms with E-state index < -0.39 is 0 Å². The molecule has 0 N–H and O–H groups in total. The third-order valence-corrected chi connectivity index (χ3v) is 8.77. The minimum Gasteiger partial charge on any atom is -0.456 e. The van der Waals surface area contributed by atoms with E-state index in [1.807, 2.05) is 48.5 Å². The van der Waals surface area contributed by atoms with Gasteiger partial charge in [0, 0.05) is 22.5 Å². The zero-order valence-electron chi connectivity index (χ0n) is 25.0. The number of benzene rings is 6. The third-order valence-electron chi connectivity index (χ3n) is 8.77. The van der Waals surface area contributed by atoms with E-state index in [4.69, 9.17) is 13.9 Å². The lowest BCUT2D eigenvalue weighted by atomic mass is 9.93. The lowest BCUT2D eigenvalue weighted by Crippen LogP contribution is -2.13. The number of allylic oxidation sites excluding steroid dienone is 4. The number of hydrogen-bond donors (Lipinski definition) is 0. The fourth-order valence-corrected chi connectivity index (χ4v) is 6.56. The SMILES string of the molecule is C1=CCCC(c2cc(-c3ccccc3)cc(N(c3ccc4c(c3)oc3ccccc34)c3cccc4c3Oc3ccccc3O4)c2)=C1. The molecule has 0 fully saturated rings.